The molecule has 5 heterocycles. The highest BCUT2D eigenvalue weighted by atomic mass is 79.9. The number of ether oxygens (including phenoxy) is 1. The van der Waals surface area contributed by atoms with Gasteiger partial charge < -0.3 is 30.7 Å². The number of benzene rings is 2. The van der Waals surface area contributed by atoms with Gasteiger partial charge in [-0.05, 0) is 50.2 Å². The summed E-state index contributed by atoms with van der Waals surface area (Å²) in [5.41, 5.74) is 9.43. The van der Waals surface area contributed by atoms with Gasteiger partial charge in [-0.25, -0.2) is 0 Å². The summed E-state index contributed by atoms with van der Waals surface area (Å²) in [7, 11) is 2.10. The number of piperazine rings is 1. The molecule has 9 nitrogen and oxygen atoms in total. The third-order valence-electron chi connectivity index (χ3n) is 8.89. The first-order chi connectivity index (χ1) is 18.9. The van der Waals surface area contributed by atoms with Gasteiger partial charge in [-0.15, -0.1) is 0 Å². The first kappa shape index (κ1) is 25.3. The van der Waals surface area contributed by atoms with Crippen LogP contribution in [0.4, 0.5) is 11.5 Å². The molecule has 7 rings (SSSR count). The number of halogens is 1. The molecule has 4 atom stereocenters. The molecule has 4 aliphatic rings. The van der Waals surface area contributed by atoms with Crippen LogP contribution in [0.2, 0.25) is 0 Å². The smallest absolute Gasteiger partial charge is 0.318 e. The maximum absolute atomic E-state index is 10.5. The van der Waals surface area contributed by atoms with Gasteiger partial charge in [-0.2, -0.15) is 9.97 Å². The molecular formula is C29H36BrN7O2. The second-order valence-corrected chi connectivity index (χ2v) is 12.5. The number of rotatable bonds is 5. The van der Waals surface area contributed by atoms with Gasteiger partial charge in [0.05, 0.1) is 12.2 Å². The van der Waals surface area contributed by atoms with Crippen molar-refractivity contribution in [3.8, 4) is 11.8 Å². The number of phenolic OH excluding ortho intramolecular Hbond substituents is 1. The van der Waals surface area contributed by atoms with Crippen molar-refractivity contribution < 1.29 is 9.84 Å². The fraction of sp³-hybridized carbons (Fsp3) is 0.517. The van der Waals surface area contributed by atoms with Crippen molar-refractivity contribution in [2.24, 2.45) is 5.73 Å². The molecule has 3 fully saturated rings. The van der Waals surface area contributed by atoms with Gasteiger partial charge in [0.25, 0.3) is 0 Å². The summed E-state index contributed by atoms with van der Waals surface area (Å²) in [4.78, 5) is 17.1. The van der Waals surface area contributed by atoms with Crippen molar-refractivity contribution in [1.82, 2.24) is 20.2 Å². The standard InChI is InChI=1S/C29H36BrN7O2/c1-35-12-18(31)10-21(35)16-39-29-33-25-15-36(26-11-22(38)9-17-3-2-4-24(30)27(17)26)8-7-23(25)28(34-29)37-13-19-5-6-20(14-37)32-19/h2-4,9,11,18-21,32,38H,5-8,10,12-16,31H2,1H3/t18-,19?,20?,21+/m1/s1. The van der Waals surface area contributed by atoms with E-state index in [4.69, 9.17) is 20.4 Å². The SMILES string of the molecule is CN1C[C@H](N)C[C@H]1COc1nc2c(c(N3CC4CCC(C3)N4)n1)CCN(c1cc(O)cc3cccc(Br)c13)C2. The summed E-state index contributed by atoms with van der Waals surface area (Å²) >= 11 is 3.75. The number of hydrogen-bond acceptors (Lipinski definition) is 9. The van der Waals surface area contributed by atoms with Crippen LogP contribution >= 0.6 is 15.9 Å². The molecule has 206 valence electrons. The maximum Gasteiger partial charge on any atom is 0.318 e. The molecule has 10 heteroatoms. The zero-order valence-corrected chi connectivity index (χ0v) is 23.9. The molecule has 3 aromatic rings. The monoisotopic (exact) mass is 593 g/mol. The van der Waals surface area contributed by atoms with Gasteiger partial charge in [0.2, 0.25) is 0 Å². The Morgan fingerprint density at radius 3 is 2.72 bits per heavy atom. The molecule has 2 unspecified atom stereocenters. The molecule has 0 amide bonds. The summed E-state index contributed by atoms with van der Waals surface area (Å²) in [6.45, 7) is 4.81. The topological polar surface area (TPSA) is 103 Å². The lowest BCUT2D eigenvalue weighted by atomic mass is 10.0. The normalized spacial score (nSPS) is 26.8. The van der Waals surface area contributed by atoms with E-state index < -0.39 is 0 Å². The van der Waals surface area contributed by atoms with Crippen LogP contribution in [0.25, 0.3) is 10.8 Å². The lowest BCUT2D eigenvalue weighted by molar-refractivity contribution is 0.187. The summed E-state index contributed by atoms with van der Waals surface area (Å²) in [5.74, 6) is 1.30. The highest BCUT2D eigenvalue weighted by molar-refractivity contribution is 9.10. The van der Waals surface area contributed by atoms with Gasteiger partial charge in [0.1, 0.15) is 18.2 Å². The summed E-state index contributed by atoms with van der Waals surface area (Å²) in [5, 5.41) is 16.4. The average Bonchev–Trinajstić information content (AvgIpc) is 3.43. The van der Waals surface area contributed by atoms with E-state index in [1.165, 1.54) is 18.4 Å². The zero-order valence-electron chi connectivity index (χ0n) is 22.3. The van der Waals surface area contributed by atoms with E-state index in [-0.39, 0.29) is 17.8 Å². The Morgan fingerprint density at radius 1 is 1.13 bits per heavy atom. The third kappa shape index (κ3) is 4.81. The van der Waals surface area contributed by atoms with Crippen LogP contribution in [-0.2, 0) is 13.0 Å². The minimum atomic E-state index is 0.185. The first-order valence-corrected chi connectivity index (χ1v) is 14.9. The van der Waals surface area contributed by atoms with E-state index in [0.29, 0.717) is 31.2 Å². The Hall–Kier alpha value is -2.66. The van der Waals surface area contributed by atoms with Crippen molar-refractivity contribution in [3.05, 3.63) is 46.1 Å². The van der Waals surface area contributed by atoms with E-state index in [1.54, 1.807) is 0 Å². The van der Waals surface area contributed by atoms with Gasteiger partial charge in [-0.1, -0.05) is 28.1 Å². The van der Waals surface area contributed by atoms with E-state index in [9.17, 15) is 5.11 Å². The van der Waals surface area contributed by atoms with Crippen molar-refractivity contribution in [2.45, 2.75) is 56.4 Å². The minimum absolute atomic E-state index is 0.185. The molecule has 0 spiro atoms. The van der Waals surface area contributed by atoms with Crippen LogP contribution in [0.3, 0.4) is 0 Å². The Morgan fingerprint density at radius 2 is 1.95 bits per heavy atom. The minimum Gasteiger partial charge on any atom is -0.508 e. The number of aromatic hydroxyl groups is 1. The van der Waals surface area contributed by atoms with Gasteiger partial charge in [0, 0.05) is 77.5 Å². The van der Waals surface area contributed by atoms with E-state index >= 15 is 0 Å². The Balaban J connectivity index is 1.23. The van der Waals surface area contributed by atoms with Crippen LogP contribution < -0.4 is 25.6 Å². The summed E-state index contributed by atoms with van der Waals surface area (Å²) in [6, 6.07) is 11.7. The number of phenols is 1. The van der Waals surface area contributed by atoms with Crippen molar-refractivity contribution in [2.75, 3.05) is 49.6 Å². The quantitative estimate of drug-likeness (QED) is 0.412. The lowest BCUT2D eigenvalue weighted by Gasteiger charge is -2.37. The molecular weight excluding hydrogens is 558 g/mol. The van der Waals surface area contributed by atoms with Crippen LogP contribution in [0.5, 0.6) is 11.8 Å². The van der Waals surface area contributed by atoms with E-state index in [0.717, 1.165) is 71.5 Å². The third-order valence-corrected chi connectivity index (χ3v) is 9.56. The van der Waals surface area contributed by atoms with Crippen LogP contribution in [0, 0.1) is 0 Å². The van der Waals surface area contributed by atoms with Gasteiger partial charge >= 0.3 is 6.01 Å². The fourth-order valence-electron chi connectivity index (χ4n) is 6.97. The molecule has 2 aromatic carbocycles. The molecule has 39 heavy (non-hydrogen) atoms. The molecule has 3 saturated heterocycles. The number of likely N-dealkylation sites (tertiary alicyclic amines) is 1. The summed E-state index contributed by atoms with van der Waals surface area (Å²) < 4.78 is 7.31. The largest absolute Gasteiger partial charge is 0.508 e. The molecule has 0 saturated carbocycles. The van der Waals surface area contributed by atoms with Crippen LogP contribution in [0.15, 0.2) is 34.8 Å². The Labute approximate surface area is 237 Å². The second kappa shape index (κ2) is 10.1. The molecule has 2 bridgehead atoms. The number of nitrogens with two attached hydrogens (primary N) is 1. The van der Waals surface area contributed by atoms with E-state index in [1.807, 2.05) is 24.3 Å². The first-order valence-electron chi connectivity index (χ1n) is 14.1. The lowest BCUT2D eigenvalue weighted by Crippen LogP contribution is -2.52. The molecule has 1 aromatic heterocycles. The molecule has 0 radical (unpaired) electrons. The highest BCUT2D eigenvalue weighted by Crippen LogP contribution is 2.40. The average molecular weight is 595 g/mol. The van der Waals surface area contributed by atoms with Gasteiger partial charge in [0.15, 0.2) is 0 Å². The predicted octanol–water partition coefficient (Wildman–Crippen LogP) is 3.01. The Kier molecular flexibility index (Phi) is 6.54. The number of hydrogen-bond donors (Lipinski definition) is 3. The van der Waals surface area contributed by atoms with Crippen molar-refractivity contribution >= 4 is 38.2 Å². The van der Waals surface area contributed by atoms with Gasteiger partial charge in [-0.3, -0.25) is 4.90 Å². The molecule has 0 aliphatic carbocycles. The second-order valence-electron chi connectivity index (χ2n) is 11.7. The van der Waals surface area contributed by atoms with E-state index in [2.05, 4.69) is 49.1 Å². The molecule has 4 N–H and O–H groups in total. The number of nitrogens with one attached hydrogen (secondary N) is 1. The van der Waals surface area contributed by atoms with Crippen molar-refractivity contribution in [3.63, 3.8) is 0 Å². The summed E-state index contributed by atoms with van der Waals surface area (Å²) in [6.07, 6.45) is 4.20. The van der Waals surface area contributed by atoms with Crippen molar-refractivity contribution in [1.29, 1.82) is 0 Å². The van der Waals surface area contributed by atoms with Crippen LogP contribution in [0.1, 0.15) is 30.5 Å². The Bertz CT molecular complexity index is 1390. The molecule has 4 aliphatic heterocycles. The fourth-order valence-corrected chi connectivity index (χ4v) is 7.56. The number of aromatic nitrogens is 2. The highest BCUT2D eigenvalue weighted by Gasteiger charge is 2.36. The number of anilines is 2. The predicted molar refractivity (Wildman–Crippen MR) is 157 cm³/mol. The van der Waals surface area contributed by atoms with Crippen LogP contribution in [-0.4, -0.2) is 84.0 Å². The maximum atomic E-state index is 10.5. The number of nitrogens with zero attached hydrogens (tertiary/aromatic N) is 5. The number of likely N-dealkylation sites (N-methyl/N-ethyl adjacent to an activating group) is 1. The zero-order chi connectivity index (χ0) is 26.7. The number of fused-ring (bicyclic) bond motifs is 4.